The second kappa shape index (κ2) is 4.98. The molecule has 0 aromatic carbocycles. The first-order chi connectivity index (χ1) is 6.18. The molecule has 0 aromatic rings. The summed E-state index contributed by atoms with van der Waals surface area (Å²) < 4.78 is 5.23. The smallest absolute Gasteiger partial charge is 0.402 e. The van der Waals surface area contributed by atoms with E-state index in [0.29, 0.717) is 0 Å². The Kier molecular flexibility index (Phi) is 4.23. The molecule has 4 heteroatoms. The standard InChI is InChI=1S/C9H19BO3/c1-2-6-9(13-10(11)12)7-4-3-5-8-9/h11-12H,2-8H2,1H3. The molecule has 1 aliphatic rings. The van der Waals surface area contributed by atoms with Gasteiger partial charge in [0.2, 0.25) is 0 Å². The van der Waals surface area contributed by atoms with E-state index >= 15 is 0 Å². The molecule has 0 atom stereocenters. The van der Waals surface area contributed by atoms with Crippen molar-refractivity contribution in [3.8, 4) is 0 Å². The molecule has 0 radical (unpaired) electrons. The number of hydrogen-bond acceptors (Lipinski definition) is 3. The van der Waals surface area contributed by atoms with E-state index in [2.05, 4.69) is 6.92 Å². The van der Waals surface area contributed by atoms with E-state index in [0.717, 1.165) is 38.5 Å². The van der Waals surface area contributed by atoms with E-state index in [9.17, 15) is 0 Å². The Labute approximate surface area is 80.3 Å². The fraction of sp³-hybridized carbons (Fsp3) is 1.00. The summed E-state index contributed by atoms with van der Waals surface area (Å²) in [5.41, 5.74) is -0.249. The highest BCUT2D eigenvalue weighted by atomic mass is 16.6. The summed E-state index contributed by atoms with van der Waals surface area (Å²) in [5.74, 6) is 0. The van der Waals surface area contributed by atoms with Gasteiger partial charge in [0.05, 0.1) is 5.60 Å². The first-order valence-electron chi connectivity index (χ1n) is 5.22. The average molecular weight is 186 g/mol. The van der Waals surface area contributed by atoms with Crippen LogP contribution in [0.15, 0.2) is 0 Å². The summed E-state index contributed by atoms with van der Waals surface area (Å²) in [5, 5.41) is 17.7. The van der Waals surface area contributed by atoms with Crippen molar-refractivity contribution in [2.24, 2.45) is 0 Å². The summed E-state index contributed by atoms with van der Waals surface area (Å²) in [6, 6.07) is 0. The predicted molar refractivity (Wildman–Crippen MR) is 52.0 cm³/mol. The van der Waals surface area contributed by atoms with Gasteiger partial charge >= 0.3 is 7.32 Å². The summed E-state index contributed by atoms with van der Waals surface area (Å²) in [7, 11) is -1.61. The maximum atomic E-state index is 8.83. The molecular weight excluding hydrogens is 167 g/mol. The molecule has 1 aliphatic carbocycles. The Morgan fingerprint density at radius 2 is 1.85 bits per heavy atom. The molecule has 0 aromatic heterocycles. The second-order valence-electron chi connectivity index (χ2n) is 3.94. The highest BCUT2D eigenvalue weighted by molar-refractivity contribution is 6.32. The van der Waals surface area contributed by atoms with Gasteiger partial charge in [-0.15, -0.1) is 0 Å². The van der Waals surface area contributed by atoms with Crippen molar-refractivity contribution >= 4 is 7.32 Å². The van der Waals surface area contributed by atoms with Crippen LogP contribution in [0.1, 0.15) is 51.9 Å². The van der Waals surface area contributed by atoms with Gasteiger partial charge in [0.1, 0.15) is 0 Å². The van der Waals surface area contributed by atoms with E-state index in [-0.39, 0.29) is 5.60 Å². The van der Waals surface area contributed by atoms with Crippen LogP contribution in [0.4, 0.5) is 0 Å². The van der Waals surface area contributed by atoms with Crippen molar-refractivity contribution in [1.29, 1.82) is 0 Å². The van der Waals surface area contributed by atoms with Crippen LogP contribution in [0.5, 0.6) is 0 Å². The Hall–Kier alpha value is -0.0551. The van der Waals surface area contributed by atoms with Crippen LogP contribution >= 0.6 is 0 Å². The lowest BCUT2D eigenvalue weighted by Gasteiger charge is -2.37. The predicted octanol–water partition coefficient (Wildman–Crippen LogP) is 1.48. The van der Waals surface area contributed by atoms with E-state index in [1.165, 1.54) is 6.42 Å². The fourth-order valence-electron chi connectivity index (χ4n) is 2.30. The third-order valence-corrected chi connectivity index (χ3v) is 2.83. The van der Waals surface area contributed by atoms with Crippen molar-refractivity contribution in [3.05, 3.63) is 0 Å². The van der Waals surface area contributed by atoms with Crippen LogP contribution in [-0.4, -0.2) is 23.0 Å². The van der Waals surface area contributed by atoms with E-state index < -0.39 is 7.32 Å². The van der Waals surface area contributed by atoms with Crippen LogP contribution in [0.3, 0.4) is 0 Å². The maximum absolute atomic E-state index is 8.83. The lowest BCUT2D eigenvalue weighted by atomic mass is 9.80. The SMILES string of the molecule is CCCC1(OB(O)O)CCCCC1. The molecule has 1 saturated carbocycles. The Morgan fingerprint density at radius 3 is 2.31 bits per heavy atom. The normalized spacial score (nSPS) is 21.5. The molecule has 0 amide bonds. The van der Waals surface area contributed by atoms with Gasteiger partial charge in [0, 0.05) is 0 Å². The minimum atomic E-state index is -1.61. The highest BCUT2D eigenvalue weighted by Gasteiger charge is 2.35. The lowest BCUT2D eigenvalue weighted by Crippen LogP contribution is -2.40. The lowest BCUT2D eigenvalue weighted by molar-refractivity contribution is -0.0175. The molecule has 2 N–H and O–H groups in total. The second-order valence-corrected chi connectivity index (χ2v) is 3.94. The molecule has 1 fully saturated rings. The third-order valence-electron chi connectivity index (χ3n) is 2.83. The molecule has 1 rings (SSSR count). The summed E-state index contributed by atoms with van der Waals surface area (Å²) in [4.78, 5) is 0. The van der Waals surface area contributed by atoms with Crippen molar-refractivity contribution in [1.82, 2.24) is 0 Å². The molecule has 13 heavy (non-hydrogen) atoms. The maximum Gasteiger partial charge on any atom is 0.634 e. The van der Waals surface area contributed by atoms with Gasteiger partial charge in [-0.05, 0) is 19.3 Å². The van der Waals surface area contributed by atoms with Crippen LogP contribution in [0.25, 0.3) is 0 Å². The van der Waals surface area contributed by atoms with Crippen molar-refractivity contribution in [2.75, 3.05) is 0 Å². The zero-order valence-corrected chi connectivity index (χ0v) is 8.33. The largest absolute Gasteiger partial charge is 0.634 e. The van der Waals surface area contributed by atoms with Crippen molar-refractivity contribution < 1.29 is 14.7 Å². The van der Waals surface area contributed by atoms with Crippen LogP contribution in [-0.2, 0) is 4.65 Å². The van der Waals surface area contributed by atoms with E-state index in [1.807, 2.05) is 0 Å². The first kappa shape index (κ1) is 11.0. The van der Waals surface area contributed by atoms with Gasteiger partial charge in [0.15, 0.2) is 0 Å². The van der Waals surface area contributed by atoms with Crippen molar-refractivity contribution in [2.45, 2.75) is 57.5 Å². The first-order valence-corrected chi connectivity index (χ1v) is 5.22. The molecule has 0 unspecified atom stereocenters. The average Bonchev–Trinajstić information content (AvgIpc) is 2.04. The fourth-order valence-corrected chi connectivity index (χ4v) is 2.30. The molecule has 0 aliphatic heterocycles. The molecule has 3 nitrogen and oxygen atoms in total. The molecule has 0 bridgehead atoms. The van der Waals surface area contributed by atoms with E-state index in [1.54, 1.807) is 0 Å². The van der Waals surface area contributed by atoms with Gasteiger partial charge < -0.3 is 14.7 Å². The van der Waals surface area contributed by atoms with Crippen LogP contribution in [0, 0.1) is 0 Å². The highest BCUT2D eigenvalue weighted by Crippen LogP contribution is 2.35. The third kappa shape index (κ3) is 3.29. The quantitative estimate of drug-likeness (QED) is 0.653. The van der Waals surface area contributed by atoms with E-state index in [4.69, 9.17) is 14.7 Å². The minimum absolute atomic E-state index is 0.249. The monoisotopic (exact) mass is 186 g/mol. The number of rotatable bonds is 4. The molecule has 0 heterocycles. The van der Waals surface area contributed by atoms with Crippen LogP contribution in [0.2, 0.25) is 0 Å². The van der Waals surface area contributed by atoms with Gasteiger partial charge in [-0.2, -0.15) is 0 Å². The molecule has 76 valence electrons. The summed E-state index contributed by atoms with van der Waals surface area (Å²) in [6.07, 6.45) is 7.45. The Balaban J connectivity index is 2.50. The molecule has 0 saturated heterocycles. The van der Waals surface area contributed by atoms with Crippen LogP contribution < -0.4 is 0 Å². The number of hydrogen-bond donors (Lipinski definition) is 2. The van der Waals surface area contributed by atoms with Gasteiger partial charge in [-0.25, -0.2) is 0 Å². The van der Waals surface area contributed by atoms with Gasteiger partial charge in [-0.3, -0.25) is 0 Å². The van der Waals surface area contributed by atoms with Gasteiger partial charge in [0.25, 0.3) is 0 Å². The zero-order chi connectivity index (χ0) is 9.73. The minimum Gasteiger partial charge on any atom is -0.402 e. The Bertz CT molecular complexity index is 138. The Morgan fingerprint density at radius 1 is 1.23 bits per heavy atom. The topological polar surface area (TPSA) is 49.7 Å². The van der Waals surface area contributed by atoms with Gasteiger partial charge in [-0.1, -0.05) is 32.6 Å². The zero-order valence-electron chi connectivity index (χ0n) is 8.33. The van der Waals surface area contributed by atoms with Crippen molar-refractivity contribution in [3.63, 3.8) is 0 Å². The summed E-state index contributed by atoms with van der Waals surface area (Å²) in [6.45, 7) is 2.10. The molecular formula is C9H19BO3. The summed E-state index contributed by atoms with van der Waals surface area (Å²) >= 11 is 0. The molecule has 0 spiro atoms.